The summed E-state index contributed by atoms with van der Waals surface area (Å²) in [6, 6.07) is 7.29. The summed E-state index contributed by atoms with van der Waals surface area (Å²) in [5.74, 6) is -4.74. The van der Waals surface area contributed by atoms with Crippen molar-refractivity contribution in [3.8, 4) is 0 Å². The number of aliphatic carboxylic acids is 3. The number of carboxylic acid groups (broad SMARTS) is 3. The standard InChI is InChI=1S/C12H13NO7/c14-10(15)8(6-7-4-2-1-3-5-7)13-20-9(11(16)17)12(18)19/h1-5,8-9,13H,6H2,(H,14,15)(H,16,17)(H,18,19). The fourth-order valence-electron chi connectivity index (χ4n) is 1.39. The molecule has 0 heterocycles. The van der Waals surface area contributed by atoms with Crippen LogP contribution in [0.3, 0.4) is 0 Å². The predicted molar refractivity (Wildman–Crippen MR) is 64.9 cm³/mol. The van der Waals surface area contributed by atoms with Crippen molar-refractivity contribution in [1.82, 2.24) is 5.48 Å². The Morgan fingerprint density at radius 1 is 1.00 bits per heavy atom. The predicted octanol–water partition coefficient (Wildman–Crippen LogP) is -0.259. The summed E-state index contributed by atoms with van der Waals surface area (Å²) in [6.45, 7) is 0. The number of benzene rings is 1. The van der Waals surface area contributed by atoms with Crippen LogP contribution >= 0.6 is 0 Å². The fourth-order valence-corrected chi connectivity index (χ4v) is 1.39. The summed E-state index contributed by atoms with van der Waals surface area (Å²) in [5, 5.41) is 26.2. The Morgan fingerprint density at radius 3 is 2.00 bits per heavy atom. The maximum absolute atomic E-state index is 11.0. The lowest BCUT2D eigenvalue weighted by Crippen LogP contribution is -2.45. The highest BCUT2D eigenvalue weighted by molar-refractivity contribution is 5.95. The summed E-state index contributed by atoms with van der Waals surface area (Å²) in [4.78, 5) is 36.6. The van der Waals surface area contributed by atoms with Crippen LogP contribution in [-0.2, 0) is 25.6 Å². The van der Waals surface area contributed by atoms with Gasteiger partial charge in [0.15, 0.2) is 0 Å². The van der Waals surface area contributed by atoms with E-state index in [-0.39, 0.29) is 6.42 Å². The van der Waals surface area contributed by atoms with Gasteiger partial charge in [-0.1, -0.05) is 30.3 Å². The van der Waals surface area contributed by atoms with Gasteiger partial charge in [0.05, 0.1) is 0 Å². The molecule has 1 atom stereocenters. The second-order valence-corrected chi connectivity index (χ2v) is 3.87. The van der Waals surface area contributed by atoms with Gasteiger partial charge >= 0.3 is 17.9 Å². The lowest BCUT2D eigenvalue weighted by molar-refractivity contribution is -0.176. The molecule has 0 spiro atoms. The highest BCUT2D eigenvalue weighted by Crippen LogP contribution is 2.04. The van der Waals surface area contributed by atoms with Crippen molar-refractivity contribution >= 4 is 17.9 Å². The molecule has 8 heteroatoms. The molecule has 20 heavy (non-hydrogen) atoms. The Kier molecular flexibility index (Phi) is 5.63. The highest BCUT2D eigenvalue weighted by Gasteiger charge is 2.29. The zero-order valence-corrected chi connectivity index (χ0v) is 10.2. The molecule has 0 aliphatic rings. The van der Waals surface area contributed by atoms with Crippen LogP contribution in [0.1, 0.15) is 5.56 Å². The minimum Gasteiger partial charge on any atom is -0.480 e. The monoisotopic (exact) mass is 283 g/mol. The highest BCUT2D eigenvalue weighted by atomic mass is 16.7. The molecule has 0 fully saturated rings. The van der Waals surface area contributed by atoms with E-state index in [0.717, 1.165) is 0 Å². The second kappa shape index (κ2) is 7.22. The molecule has 4 N–H and O–H groups in total. The van der Waals surface area contributed by atoms with Gasteiger partial charge in [-0.25, -0.2) is 9.59 Å². The molecule has 0 aliphatic carbocycles. The van der Waals surface area contributed by atoms with Crippen LogP contribution in [-0.4, -0.2) is 45.4 Å². The van der Waals surface area contributed by atoms with Crippen molar-refractivity contribution in [3.05, 3.63) is 35.9 Å². The molecule has 0 amide bonds. The molecular formula is C12H13NO7. The number of hydrogen-bond acceptors (Lipinski definition) is 5. The third kappa shape index (κ3) is 4.67. The minimum absolute atomic E-state index is 0.0160. The first-order chi connectivity index (χ1) is 9.41. The van der Waals surface area contributed by atoms with Gasteiger partial charge in [-0.05, 0) is 5.56 Å². The van der Waals surface area contributed by atoms with Gasteiger partial charge in [0.25, 0.3) is 6.10 Å². The number of hydroxylamine groups is 1. The number of carboxylic acids is 3. The Bertz CT molecular complexity index is 474. The van der Waals surface area contributed by atoms with E-state index in [1.165, 1.54) is 0 Å². The van der Waals surface area contributed by atoms with Crippen LogP contribution < -0.4 is 5.48 Å². The zero-order valence-electron chi connectivity index (χ0n) is 10.2. The van der Waals surface area contributed by atoms with Crippen LogP contribution in [0.2, 0.25) is 0 Å². The topological polar surface area (TPSA) is 133 Å². The van der Waals surface area contributed by atoms with Crippen molar-refractivity contribution in [2.45, 2.75) is 18.6 Å². The van der Waals surface area contributed by atoms with Crippen molar-refractivity contribution < 1.29 is 34.5 Å². The van der Waals surface area contributed by atoms with Gasteiger partial charge in [0.1, 0.15) is 6.04 Å². The van der Waals surface area contributed by atoms with Crippen LogP contribution in [0.25, 0.3) is 0 Å². The number of nitrogens with one attached hydrogen (secondary N) is 1. The van der Waals surface area contributed by atoms with Crippen LogP contribution in [0.15, 0.2) is 30.3 Å². The number of carbonyl (C=O) groups is 3. The Balaban J connectivity index is 2.66. The van der Waals surface area contributed by atoms with Gasteiger partial charge in [0.2, 0.25) is 0 Å². The Morgan fingerprint density at radius 2 is 1.55 bits per heavy atom. The van der Waals surface area contributed by atoms with Crippen LogP contribution in [0.4, 0.5) is 0 Å². The summed E-state index contributed by atoms with van der Waals surface area (Å²) >= 11 is 0. The quantitative estimate of drug-likeness (QED) is 0.379. The summed E-state index contributed by atoms with van der Waals surface area (Å²) in [5.41, 5.74) is 2.65. The second-order valence-electron chi connectivity index (χ2n) is 3.87. The van der Waals surface area contributed by atoms with E-state index < -0.39 is 30.1 Å². The SMILES string of the molecule is O=C(O)C(Cc1ccccc1)NOC(C(=O)O)C(=O)O. The maximum Gasteiger partial charge on any atom is 0.346 e. The van der Waals surface area contributed by atoms with Crippen molar-refractivity contribution in [3.63, 3.8) is 0 Å². The largest absolute Gasteiger partial charge is 0.480 e. The minimum atomic E-state index is -2.17. The van der Waals surface area contributed by atoms with Gasteiger partial charge in [-0.2, -0.15) is 5.48 Å². The smallest absolute Gasteiger partial charge is 0.346 e. The molecule has 1 unspecified atom stereocenters. The lowest BCUT2D eigenvalue weighted by Gasteiger charge is -2.16. The Labute approximate surface area is 113 Å². The first-order valence-corrected chi connectivity index (χ1v) is 5.55. The maximum atomic E-state index is 11.0. The fraction of sp³-hybridized carbons (Fsp3) is 0.250. The average molecular weight is 283 g/mol. The van der Waals surface area contributed by atoms with Gasteiger partial charge in [0, 0.05) is 6.42 Å². The molecular weight excluding hydrogens is 270 g/mol. The summed E-state index contributed by atoms with van der Waals surface area (Å²) in [6.07, 6.45) is -2.16. The van der Waals surface area contributed by atoms with Gasteiger partial charge in [-0.3, -0.25) is 9.63 Å². The van der Waals surface area contributed by atoms with E-state index in [1.807, 2.05) is 5.48 Å². The molecule has 0 aromatic heterocycles. The van der Waals surface area contributed by atoms with Crippen molar-refractivity contribution in [2.75, 3.05) is 0 Å². The summed E-state index contributed by atoms with van der Waals surface area (Å²) < 4.78 is 0. The van der Waals surface area contributed by atoms with Gasteiger partial charge in [-0.15, -0.1) is 0 Å². The first kappa shape index (κ1) is 15.6. The lowest BCUT2D eigenvalue weighted by atomic mass is 10.1. The molecule has 8 nitrogen and oxygen atoms in total. The Hall–Kier alpha value is -2.45. The molecule has 0 radical (unpaired) electrons. The van der Waals surface area contributed by atoms with E-state index in [2.05, 4.69) is 4.84 Å². The molecule has 0 bridgehead atoms. The zero-order chi connectivity index (χ0) is 15.1. The molecule has 0 saturated heterocycles. The van der Waals surface area contributed by atoms with Crippen molar-refractivity contribution in [1.29, 1.82) is 0 Å². The van der Waals surface area contributed by atoms with E-state index in [0.29, 0.717) is 5.56 Å². The average Bonchev–Trinajstić information content (AvgIpc) is 2.37. The molecule has 0 saturated carbocycles. The molecule has 1 aromatic carbocycles. The normalized spacial score (nSPS) is 12.1. The van der Waals surface area contributed by atoms with E-state index in [9.17, 15) is 14.4 Å². The molecule has 108 valence electrons. The van der Waals surface area contributed by atoms with Crippen molar-refractivity contribution in [2.24, 2.45) is 0 Å². The van der Waals surface area contributed by atoms with E-state index in [4.69, 9.17) is 15.3 Å². The molecule has 1 rings (SSSR count). The summed E-state index contributed by atoms with van der Waals surface area (Å²) in [7, 11) is 0. The molecule has 0 aliphatic heterocycles. The first-order valence-electron chi connectivity index (χ1n) is 5.55. The van der Waals surface area contributed by atoms with Gasteiger partial charge < -0.3 is 15.3 Å². The number of rotatable bonds is 8. The van der Waals surface area contributed by atoms with E-state index in [1.54, 1.807) is 30.3 Å². The third-order valence-corrected chi connectivity index (χ3v) is 2.36. The number of hydrogen-bond donors (Lipinski definition) is 4. The van der Waals surface area contributed by atoms with E-state index >= 15 is 0 Å². The van der Waals surface area contributed by atoms with Crippen LogP contribution in [0.5, 0.6) is 0 Å². The molecule has 1 aromatic rings. The van der Waals surface area contributed by atoms with Crippen LogP contribution in [0, 0.1) is 0 Å². The third-order valence-electron chi connectivity index (χ3n) is 2.36.